The number of pyridine rings is 1. The second-order valence-corrected chi connectivity index (χ2v) is 6.47. The molecule has 5 N–H and O–H groups in total. The molecule has 2 aromatic heterocycles. The summed E-state index contributed by atoms with van der Waals surface area (Å²) >= 11 is 1.57. The summed E-state index contributed by atoms with van der Waals surface area (Å²) in [6.07, 6.45) is 6.63. The molecule has 0 atom stereocenters. The van der Waals surface area contributed by atoms with Gasteiger partial charge in [0.2, 0.25) is 5.91 Å². The molecular weight excluding hydrogens is 360 g/mol. The van der Waals surface area contributed by atoms with Gasteiger partial charge >= 0.3 is 0 Å². The normalized spacial score (nSPS) is 10.7. The Labute approximate surface area is 161 Å². The predicted molar refractivity (Wildman–Crippen MR) is 112 cm³/mol. The van der Waals surface area contributed by atoms with E-state index < -0.39 is 0 Å². The van der Waals surface area contributed by atoms with Crippen LogP contribution in [-0.2, 0) is 4.79 Å². The zero-order chi connectivity index (χ0) is 18.9. The zero-order valence-electron chi connectivity index (χ0n) is 14.6. The molecule has 0 aliphatic carbocycles. The number of nitrogen functional groups attached to an aromatic ring is 1. The van der Waals surface area contributed by atoms with E-state index in [4.69, 9.17) is 5.73 Å². The molecule has 0 saturated carbocycles. The minimum absolute atomic E-state index is 0.247. The van der Waals surface area contributed by atoms with Crippen LogP contribution >= 0.6 is 11.3 Å². The van der Waals surface area contributed by atoms with Gasteiger partial charge in [-0.1, -0.05) is 12.1 Å². The number of benzene rings is 1. The third kappa shape index (κ3) is 5.82. The molecule has 138 valence electrons. The zero-order valence-corrected chi connectivity index (χ0v) is 15.4. The van der Waals surface area contributed by atoms with Gasteiger partial charge in [0.25, 0.3) is 0 Å². The first-order valence-corrected chi connectivity index (χ1v) is 9.25. The van der Waals surface area contributed by atoms with Gasteiger partial charge in [-0.15, -0.1) is 11.3 Å². The van der Waals surface area contributed by atoms with Crippen LogP contribution in [0.15, 0.2) is 60.2 Å². The number of hydrogen-bond donors (Lipinski definition) is 4. The van der Waals surface area contributed by atoms with Gasteiger partial charge in [-0.25, -0.2) is 9.97 Å². The first kappa shape index (κ1) is 18.4. The first-order valence-electron chi connectivity index (χ1n) is 8.37. The minimum atomic E-state index is -0.247. The fraction of sp³-hybridized carbons (Fsp3) is 0.105. The third-order valence-electron chi connectivity index (χ3n) is 3.57. The van der Waals surface area contributed by atoms with Crippen molar-refractivity contribution in [3.8, 4) is 0 Å². The quantitative estimate of drug-likeness (QED) is 0.271. The van der Waals surface area contributed by atoms with E-state index in [1.807, 2.05) is 29.6 Å². The second-order valence-electron chi connectivity index (χ2n) is 5.58. The summed E-state index contributed by atoms with van der Waals surface area (Å²) in [4.78, 5) is 20.5. The Morgan fingerprint density at radius 2 is 1.96 bits per heavy atom. The molecule has 8 heteroatoms. The third-order valence-corrected chi connectivity index (χ3v) is 4.30. The number of nitrogens with one attached hydrogen (secondary N) is 3. The van der Waals surface area contributed by atoms with Crippen LogP contribution in [0.3, 0.4) is 0 Å². The lowest BCUT2D eigenvalue weighted by atomic mass is 10.2. The molecule has 0 aliphatic heterocycles. The molecule has 0 fully saturated rings. The lowest BCUT2D eigenvalue weighted by Crippen LogP contribution is -2.14. The number of anilines is 4. The minimum Gasteiger partial charge on any atom is -0.397 e. The van der Waals surface area contributed by atoms with Crippen molar-refractivity contribution < 1.29 is 4.79 Å². The molecule has 0 aliphatic rings. The molecule has 0 radical (unpaired) electrons. The van der Waals surface area contributed by atoms with Crippen LogP contribution in [-0.4, -0.2) is 29.0 Å². The Hall–Kier alpha value is -3.39. The van der Waals surface area contributed by atoms with Crippen molar-refractivity contribution in [1.29, 1.82) is 0 Å². The van der Waals surface area contributed by atoms with Crippen molar-refractivity contribution in [3.63, 3.8) is 0 Å². The molecule has 0 bridgehead atoms. The summed E-state index contributed by atoms with van der Waals surface area (Å²) in [5.41, 5.74) is 7.76. The van der Waals surface area contributed by atoms with Crippen molar-refractivity contribution in [3.05, 3.63) is 65.8 Å². The maximum atomic E-state index is 12.0. The summed E-state index contributed by atoms with van der Waals surface area (Å²) in [5, 5.41) is 12.0. The van der Waals surface area contributed by atoms with E-state index in [-0.39, 0.29) is 5.91 Å². The number of thiazole rings is 1. The lowest BCUT2D eigenvalue weighted by molar-refractivity contribution is -0.111. The van der Waals surface area contributed by atoms with E-state index in [1.54, 1.807) is 41.9 Å². The molecule has 1 aromatic carbocycles. The lowest BCUT2D eigenvalue weighted by Gasteiger charge is -2.06. The molecule has 3 aromatic rings. The molecular formula is C19H20N6OS. The Morgan fingerprint density at radius 3 is 2.70 bits per heavy atom. The number of carbonyl (C=O) groups excluding carboxylic acids is 1. The first-order chi connectivity index (χ1) is 13.2. The molecule has 27 heavy (non-hydrogen) atoms. The van der Waals surface area contributed by atoms with E-state index in [0.717, 1.165) is 29.6 Å². The highest BCUT2D eigenvalue weighted by atomic mass is 32.1. The summed E-state index contributed by atoms with van der Waals surface area (Å²) in [5.74, 6) is 0.526. The summed E-state index contributed by atoms with van der Waals surface area (Å²) < 4.78 is 0. The smallest absolute Gasteiger partial charge is 0.248 e. The average molecular weight is 380 g/mol. The van der Waals surface area contributed by atoms with Gasteiger partial charge in [0.15, 0.2) is 5.13 Å². The molecule has 0 spiro atoms. The van der Waals surface area contributed by atoms with Crippen LogP contribution in [0.25, 0.3) is 6.08 Å². The maximum Gasteiger partial charge on any atom is 0.248 e. The van der Waals surface area contributed by atoms with Crippen molar-refractivity contribution in [2.45, 2.75) is 0 Å². The van der Waals surface area contributed by atoms with Gasteiger partial charge in [0.05, 0.1) is 11.4 Å². The van der Waals surface area contributed by atoms with Gasteiger partial charge in [0.1, 0.15) is 5.82 Å². The van der Waals surface area contributed by atoms with Crippen LogP contribution in [0.5, 0.6) is 0 Å². The fourth-order valence-corrected chi connectivity index (χ4v) is 2.79. The Morgan fingerprint density at radius 1 is 1.11 bits per heavy atom. The SMILES string of the molecule is Nc1ccccc1NC(=O)/C=C\c1ccc(NCCNc2nccs2)nc1. The van der Waals surface area contributed by atoms with Crippen LogP contribution in [0.1, 0.15) is 5.56 Å². The summed E-state index contributed by atoms with van der Waals surface area (Å²) in [6, 6.07) is 10.9. The molecule has 0 saturated heterocycles. The van der Waals surface area contributed by atoms with Gasteiger partial charge < -0.3 is 21.7 Å². The highest BCUT2D eigenvalue weighted by Crippen LogP contribution is 2.16. The van der Waals surface area contributed by atoms with Gasteiger partial charge in [-0.3, -0.25) is 4.79 Å². The Kier molecular flexibility index (Phi) is 6.37. The fourth-order valence-electron chi connectivity index (χ4n) is 2.24. The number of nitrogens with zero attached hydrogens (tertiary/aromatic N) is 2. The predicted octanol–water partition coefficient (Wildman–Crippen LogP) is 3.30. The van der Waals surface area contributed by atoms with E-state index >= 15 is 0 Å². The molecule has 7 nitrogen and oxygen atoms in total. The van der Waals surface area contributed by atoms with Gasteiger partial charge in [-0.2, -0.15) is 0 Å². The van der Waals surface area contributed by atoms with E-state index in [1.165, 1.54) is 6.08 Å². The van der Waals surface area contributed by atoms with Crippen molar-refractivity contribution in [2.75, 3.05) is 34.8 Å². The van der Waals surface area contributed by atoms with Crippen molar-refractivity contribution >= 4 is 45.6 Å². The number of nitrogens with two attached hydrogens (primary N) is 1. The van der Waals surface area contributed by atoms with Crippen molar-refractivity contribution in [1.82, 2.24) is 9.97 Å². The van der Waals surface area contributed by atoms with Crippen LogP contribution in [0, 0.1) is 0 Å². The van der Waals surface area contributed by atoms with E-state index in [0.29, 0.717) is 11.4 Å². The van der Waals surface area contributed by atoms with Gasteiger partial charge in [-0.05, 0) is 35.9 Å². The number of amides is 1. The van der Waals surface area contributed by atoms with Crippen LogP contribution < -0.4 is 21.7 Å². The van der Waals surface area contributed by atoms with Crippen LogP contribution in [0.4, 0.5) is 22.3 Å². The standard InChI is InChI=1S/C19H20N6OS/c20-15-3-1-2-4-16(15)25-18(26)8-6-14-5-7-17(24-13-14)21-9-10-22-19-23-11-12-27-19/h1-8,11-13H,9-10,20H2,(H,21,24)(H,22,23)(H,25,26)/b8-6-. The van der Waals surface area contributed by atoms with Crippen LogP contribution in [0.2, 0.25) is 0 Å². The van der Waals surface area contributed by atoms with E-state index in [2.05, 4.69) is 25.9 Å². The Bertz CT molecular complexity index is 893. The number of aromatic nitrogens is 2. The number of carbonyl (C=O) groups is 1. The number of para-hydroxylation sites is 2. The molecule has 2 heterocycles. The highest BCUT2D eigenvalue weighted by molar-refractivity contribution is 7.13. The maximum absolute atomic E-state index is 12.0. The monoisotopic (exact) mass is 380 g/mol. The van der Waals surface area contributed by atoms with Crippen molar-refractivity contribution in [2.24, 2.45) is 0 Å². The highest BCUT2D eigenvalue weighted by Gasteiger charge is 2.01. The second kappa shape index (κ2) is 9.35. The average Bonchev–Trinajstić information content (AvgIpc) is 3.20. The summed E-state index contributed by atoms with van der Waals surface area (Å²) in [6.45, 7) is 1.47. The largest absolute Gasteiger partial charge is 0.397 e. The van der Waals surface area contributed by atoms with Gasteiger partial charge in [0, 0.05) is 36.9 Å². The molecule has 0 unspecified atom stereocenters. The van der Waals surface area contributed by atoms with E-state index in [9.17, 15) is 4.79 Å². The summed E-state index contributed by atoms with van der Waals surface area (Å²) in [7, 11) is 0. The Balaban J connectivity index is 1.44. The topological polar surface area (TPSA) is 105 Å². The number of hydrogen-bond acceptors (Lipinski definition) is 7. The molecule has 3 rings (SSSR count). The number of rotatable bonds is 8. The molecule has 1 amide bonds.